The van der Waals surface area contributed by atoms with Gasteiger partial charge in [-0.15, -0.1) is 0 Å². The molecule has 0 unspecified atom stereocenters. The predicted octanol–water partition coefficient (Wildman–Crippen LogP) is 0.822. The molecule has 3 heteroatoms. The lowest BCUT2D eigenvalue weighted by Crippen LogP contribution is -1.93. The molecule has 0 aromatic rings. The highest BCUT2D eigenvalue weighted by atomic mass is 79.9. The molecule has 0 aromatic heterocycles. The quantitative estimate of drug-likeness (QED) is 0.494. The van der Waals surface area contributed by atoms with Gasteiger partial charge in [-0.3, -0.25) is 0 Å². The minimum atomic E-state index is -0.264. The van der Waals surface area contributed by atoms with Gasteiger partial charge < -0.3 is 4.74 Å². The molecule has 0 saturated carbocycles. The SMILES string of the molecule is O=C1OCC=C1Br. The summed E-state index contributed by atoms with van der Waals surface area (Å²) in [6, 6.07) is 0. The normalized spacial score (nSPS) is 19.0. The van der Waals surface area contributed by atoms with Crippen molar-refractivity contribution in [1.82, 2.24) is 0 Å². The molecular formula is C4H3BrO2. The molecule has 0 aliphatic carbocycles. The van der Waals surface area contributed by atoms with Gasteiger partial charge >= 0.3 is 5.97 Å². The first-order chi connectivity index (χ1) is 3.30. The van der Waals surface area contributed by atoms with E-state index in [-0.39, 0.29) is 5.97 Å². The molecule has 0 N–H and O–H groups in total. The van der Waals surface area contributed by atoms with Crippen LogP contribution in [0.2, 0.25) is 0 Å². The number of carbonyl (C=O) groups excluding carboxylic acids is 1. The van der Waals surface area contributed by atoms with Crippen molar-refractivity contribution in [3.8, 4) is 0 Å². The van der Waals surface area contributed by atoms with Crippen LogP contribution in [0.5, 0.6) is 0 Å². The summed E-state index contributed by atoms with van der Waals surface area (Å²) in [6.07, 6.45) is 1.68. The molecular weight excluding hydrogens is 160 g/mol. The number of ether oxygens (including phenoxy) is 1. The van der Waals surface area contributed by atoms with E-state index in [1.165, 1.54) is 0 Å². The Morgan fingerprint density at radius 2 is 2.57 bits per heavy atom. The highest BCUT2D eigenvalue weighted by Gasteiger charge is 2.11. The Bertz CT molecular complexity index is 128. The smallest absolute Gasteiger partial charge is 0.345 e. The molecule has 1 rings (SSSR count). The number of rotatable bonds is 0. The number of esters is 1. The standard InChI is InChI=1S/C4H3BrO2/c5-3-1-2-7-4(3)6/h1H,2H2. The van der Waals surface area contributed by atoms with Gasteiger partial charge in [-0.25, -0.2) is 4.79 Å². The summed E-state index contributed by atoms with van der Waals surface area (Å²) in [5, 5.41) is 0. The molecule has 0 fully saturated rings. The van der Waals surface area contributed by atoms with Gasteiger partial charge in [0.15, 0.2) is 0 Å². The summed E-state index contributed by atoms with van der Waals surface area (Å²) in [7, 11) is 0. The molecule has 7 heavy (non-hydrogen) atoms. The van der Waals surface area contributed by atoms with Crippen LogP contribution in [0.4, 0.5) is 0 Å². The average Bonchev–Trinajstić information content (AvgIpc) is 1.91. The summed E-state index contributed by atoms with van der Waals surface area (Å²) < 4.78 is 5.02. The van der Waals surface area contributed by atoms with E-state index >= 15 is 0 Å². The van der Waals surface area contributed by atoms with Crippen LogP contribution in [0.15, 0.2) is 10.6 Å². The van der Waals surface area contributed by atoms with Crippen LogP contribution in [0.25, 0.3) is 0 Å². The van der Waals surface area contributed by atoms with Gasteiger partial charge in [0.05, 0.1) is 0 Å². The molecule has 1 heterocycles. The van der Waals surface area contributed by atoms with Crippen molar-refractivity contribution in [2.75, 3.05) is 6.61 Å². The Morgan fingerprint density at radius 1 is 1.86 bits per heavy atom. The number of carbonyl (C=O) groups is 1. The molecule has 1 aliphatic heterocycles. The first-order valence-corrected chi connectivity index (χ1v) is 2.63. The van der Waals surface area contributed by atoms with Crippen molar-refractivity contribution >= 4 is 21.9 Å². The third kappa shape index (κ3) is 0.825. The summed E-state index contributed by atoms with van der Waals surface area (Å²) in [5.41, 5.74) is 0. The van der Waals surface area contributed by atoms with Crippen molar-refractivity contribution in [3.63, 3.8) is 0 Å². The fraction of sp³-hybridized carbons (Fsp3) is 0.250. The molecule has 0 aromatic carbocycles. The lowest BCUT2D eigenvalue weighted by molar-refractivity contribution is -0.135. The second-order valence-electron chi connectivity index (χ2n) is 1.15. The lowest BCUT2D eigenvalue weighted by Gasteiger charge is -1.84. The Kier molecular flexibility index (Phi) is 1.15. The average molecular weight is 163 g/mol. The van der Waals surface area contributed by atoms with Crippen LogP contribution in [0.1, 0.15) is 0 Å². The number of hydrogen-bond donors (Lipinski definition) is 0. The fourth-order valence-corrected chi connectivity index (χ4v) is 0.589. The van der Waals surface area contributed by atoms with E-state index in [2.05, 4.69) is 20.7 Å². The van der Waals surface area contributed by atoms with E-state index in [1.54, 1.807) is 6.08 Å². The van der Waals surface area contributed by atoms with Crippen LogP contribution in [0, 0.1) is 0 Å². The number of cyclic esters (lactones) is 1. The van der Waals surface area contributed by atoms with Crippen molar-refractivity contribution in [1.29, 1.82) is 0 Å². The molecule has 1 aliphatic rings. The first kappa shape index (κ1) is 4.84. The van der Waals surface area contributed by atoms with Crippen LogP contribution >= 0.6 is 15.9 Å². The molecule has 0 bridgehead atoms. The summed E-state index contributed by atoms with van der Waals surface area (Å²) in [6.45, 7) is 0.416. The Morgan fingerprint density at radius 3 is 2.71 bits per heavy atom. The van der Waals surface area contributed by atoms with E-state index in [4.69, 9.17) is 0 Å². The van der Waals surface area contributed by atoms with Gasteiger partial charge in [0.2, 0.25) is 0 Å². The van der Waals surface area contributed by atoms with Crippen LogP contribution in [0.3, 0.4) is 0 Å². The van der Waals surface area contributed by atoms with E-state index in [0.717, 1.165) is 0 Å². The van der Waals surface area contributed by atoms with Crippen LogP contribution in [-0.4, -0.2) is 12.6 Å². The maximum absolute atomic E-state index is 10.2. The minimum Gasteiger partial charge on any atom is -0.457 e. The van der Waals surface area contributed by atoms with Crippen molar-refractivity contribution < 1.29 is 9.53 Å². The fourth-order valence-electron chi connectivity index (χ4n) is 0.343. The zero-order valence-electron chi connectivity index (χ0n) is 3.48. The maximum atomic E-state index is 10.2. The van der Waals surface area contributed by atoms with Gasteiger partial charge in [0.1, 0.15) is 11.1 Å². The second kappa shape index (κ2) is 1.66. The van der Waals surface area contributed by atoms with E-state index < -0.39 is 0 Å². The highest BCUT2D eigenvalue weighted by Crippen LogP contribution is 2.11. The number of hydrogen-bond acceptors (Lipinski definition) is 2. The largest absolute Gasteiger partial charge is 0.457 e. The zero-order valence-corrected chi connectivity index (χ0v) is 5.06. The zero-order chi connectivity index (χ0) is 5.28. The van der Waals surface area contributed by atoms with E-state index in [1.807, 2.05) is 0 Å². The molecule has 0 amide bonds. The lowest BCUT2D eigenvalue weighted by atomic mass is 10.6. The van der Waals surface area contributed by atoms with Gasteiger partial charge in [0.25, 0.3) is 0 Å². The Balaban J connectivity index is 2.72. The van der Waals surface area contributed by atoms with Gasteiger partial charge in [-0.1, -0.05) is 0 Å². The maximum Gasteiger partial charge on any atom is 0.345 e. The van der Waals surface area contributed by atoms with Gasteiger partial charge in [-0.2, -0.15) is 0 Å². The molecule has 0 radical (unpaired) electrons. The first-order valence-electron chi connectivity index (χ1n) is 1.83. The summed E-state index contributed by atoms with van der Waals surface area (Å²) >= 11 is 2.99. The molecule has 38 valence electrons. The molecule has 2 nitrogen and oxygen atoms in total. The van der Waals surface area contributed by atoms with Gasteiger partial charge in [-0.05, 0) is 22.0 Å². The third-order valence-electron chi connectivity index (χ3n) is 0.672. The third-order valence-corrected chi connectivity index (χ3v) is 1.32. The van der Waals surface area contributed by atoms with Crippen molar-refractivity contribution in [3.05, 3.63) is 10.6 Å². The van der Waals surface area contributed by atoms with E-state index in [9.17, 15) is 4.79 Å². The minimum absolute atomic E-state index is 0.264. The van der Waals surface area contributed by atoms with Crippen LogP contribution < -0.4 is 0 Å². The Labute approximate surface area is 49.3 Å². The predicted molar refractivity (Wildman–Crippen MR) is 28.0 cm³/mol. The topological polar surface area (TPSA) is 26.3 Å². The summed E-state index contributed by atoms with van der Waals surface area (Å²) in [5.74, 6) is -0.264. The molecule has 0 saturated heterocycles. The van der Waals surface area contributed by atoms with Crippen molar-refractivity contribution in [2.45, 2.75) is 0 Å². The Hall–Kier alpha value is -0.310. The van der Waals surface area contributed by atoms with Crippen molar-refractivity contribution in [2.24, 2.45) is 0 Å². The molecule has 0 atom stereocenters. The van der Waals surface area contributed by atoms with E-state index in [0.29, 0.717) is 11.1 Å². The van der Waals surface area contributed by atoms with Gasteiger partial charge in [0, 0.05) is 0 Å². The van der Waals surface area contributed by atoms with Crippen LogP contribution in [-0.2, 0) is 9.53 Å². The number of halogens is 1. The summed E-state index contributed by atoms with van der Waals surface area (Å²) in [4.78, 5) is 10.2. The second-order valence-corrected chi connectivity index (χ2v) is 2.00. The highest BCUT2D eigenvalue weighted by molar-refractivity contribution is 9.12. The monoisotopic (exact) mass is 162 g/mol. The molecule has 0 spiro atoms.